The van der Waals surface area contributed by atoms with E-state index in [4.69, 9.17) is 0 Å². The fraction of sp³-hybridized carbons (Fsp3) is 0.857. The molecule has 2 fully saturated rings. The number of carbonyl (C=O) groups is 2. The highest BCUT2D eigenvalue weighted by Crippen LogP contribution is 2.33. The van der Waals surface area contributed by atoms with Crippen molar-refractivity contribution in [3.8, 4) is 0 Å². The first-order chi connectivity index (χ1) is 8.63. The molecule has 0 aromatic heterocycles. The highest BCUT2D eigenvalue weighted by atomic mass is 16.2. The first-order valence-corrected chi connectivity index (χ1v) is 7.22. The molecule has 4 nitrogen and oxygen atoms in total. The standard InChI is InChI=1S/C14H24N2O2/c1-3-10(2)16-13(17)9-12(14(16)18)15-8-4-5-11-6-7-11/h10-12,15H,3-9H2,1-2H3. The lowest BCUT2D eigenvalue weighted by Crippen LogP contribution is -2.42. The van der Waals surface area contributed by atoms with Crippen LogP contribution in [0.15, 0.2) is 0 Å². The second kappa shape index (κ2) is 5.83. The summed E-state index contributed by atoms with van der Waals surface area (Å²) in [5.74, 6) is 0.888. The summed E-state index contributed by atoms with van der Waals surface area (Å²) in [7, 11) is 0. The molecule has 2 aliphatic rings. The van der Waals surface area contributed by atoms with Crippen LogP contribution in [0.2, 0.25) is 0 Å². The molecule has 0 bridgehead atoms. The molecule has 2 atom stereocenters. The Hall–Kier alpha value is -0.900. The molecule has 1 aliphatic heterocycles. The maximum Gasteiger partial charge on any atom is 0.247 e. The normalized spacial score (nSPS) is 25.9. The molecule has 1 heterocycles. The number of imide groups is 1. The van der Waals surface area contributed by atoms with Crippen LogP contribution in [0.4, 0.5) is 0 Å². The van der Waals surface area contributed by atoms with Crippen LogP contribution >= 0.6 is 0 Å². The fourth-order valence-corrected chi connectivity index (χ4v) is 2.53. The lowest BCUT2D eigenvalue weighted by atomic mass is 10.2. The molecular weight excluding hydrogens is 228 g/mol. The Balaban J connectivity index is 1.75. The summed E-state index contributed by atoms with van der Waals surface area (Å²) >= 11 is 0. The zero-order valence-electron chi connectivity index (χ0n) is 11.4. The molecule has 102 valence electrons. The average Bonchev–Trinajstić information content (AvgIpc) is 3.12. The molecule has 1 saturated heterocycles. The molecule has 18 heavy (non-hydrogen) atoms. The van der Waals surface area contributed by atoms with Crippen molar-refractivity contribution in [3.63, 3.8) is 0 Å². The van der Waals surface area contributed by atoms with E-state index < -0.39 is 0 Å². The smallest absolute Gasteiger partial charge is 0.247 e. The summed E-state index contributed by atoms with van der Waals surface area (Å²) in [6.07, 6.45) is 6.30. The van der Waals surface area contributed by atoms with E-state index in [-0.39, 0.29) is 23.9 Å². The highest BCUT2D eigenvalue weighted by Gasteiger charge is 2.40. The Labute approximate surface area is 109 Å². The lowest BCUT2D eigenvalue weighted by Gasteiger charge is -2.21. The van der Waals surface area contributed by atoms with Gasteiger partial charge in [-0.15, -0.1) is 0 Å². The van der Waals surface area contributed by atoms with Crippen molar-refractivity contribution in [3.05, 3.63) is 0 Å². The van der Waals surface area contributed by atoms with Gasteiger partial charge in [-0.05, 0) is 38.6 Å². The Morgan fingerprint density at radius 3 is 2.72 bits per heavy atom. The van der Waals surface area contributed by atoms with Gasteiger partial charge in [0.2, 0.25) is 11.8 Å². The zero-order valence-corrected chi connectivity index (χ0v) is 11.4. The number of carbonyl (C=O) groups excluding carboxylic acids is 2. The first-order valence-electron chi connectivity index (χ1n) is 7.22. The Morgan fingerprint density at radius 1 is 1.39 bits per heavy atom. The minimum absolute atomic E-state index is 0.0194. The molecule has 0 spiro atoms. The van der Waals surface area contributed by atoms with Crippen LogP contribution in [0.25, 0.3) is 0 Å². The molecule has 2 amide bonds. The highest BCUT2D eigenvalue weighted by molar-refractivity contribution is 6.05. The van der Waals surface area contributed by atoms with E-state index >= 15 is 0 Å². The zero-order chi connectivity index (χ0) is 13.1. The van der Waals surface area contributed by atoms with Crippen molar-refractivity contribution in [1.29, 1.82) is 0 Å². The molecule has 0 aromatic rings. The molecule has 0 radical (unpaired) electrons. The second-order valence-electron chi connectivity index (χ2n) is 5.66. The van der Waals surface area contributed by atoms with Gasteiger partial charge in [0.25, 0.3) is 0 Å². The molecule has 4 heteroatoms. The molecule has 0 aromatic carbocycles. The summed E-state index contributed by atoms with van der Waals surface area (Å²) in [5.41, 5.74) is 0. The van der Waals surface area contributed by atoms with Crippen LogP contribution in [0.5, 0.6) is 0 Å². The Kier molecular flexibility index (Phi) is 4.38. The van der Waals surface area contributed by atoms with Gasteiger partial charge in [0.1, 0.15) is 0 Å². The third kappa shape index (κ3) is 3.10. The van der Waals surface area contributed by atoms with E-state index in [1.807, 2.05) is 13.8 Å². The molecular formula is C14H24N2O2. The topological polar surface area (TPSA) is 49.4 Å². The van der Waals surface area contributed by atoms with Crippen LogP contribution in [-0.4, -0.2) is 35.3 Å². The van der Waals surface area contributed by atoms with Crippen molar-refractivity contribution in [2.75, 3.05) is 6.54 Å². The number of hydrogen-bond acceptors (Lipinski definition) is 3. The molecule has 2 unspecified atom stereocenters. The second-order valence-corrected chi connectivity index (χ2v) is 5.66. The SMILES string of the molecule is CCC(C)N1C(=O)CC(NCCCC2CC2)C1=O. The van der Waals surface area contributed by atoms with E-state index in [0.29, 0.717) is 6.42 Å². The van der Waals surface area contributed by atoms with Crippen molar-refractivity contribution < 1.29 is 9.59 Å². The Morgan fingerprint density at radius 2 is 2.11 bits per heavy atom. The van der Waals surface area contributed by atoms with Gasteiger partial charge in [-0.25, -0.2) is 0 Å². The Bertz CT molecular complexity index is 326. The predicted molar refractivity (Wildman–Crippen MR) is 70.0 cm³/mol. The van der Waals surface area contributed by atoms with Gasteiger partial charge < -0.3 is 5.32 Å². The van der Waals surface area contributed by atoms with E-state index in [1.54, 1.807) is 0 Å². The monoisotopic (exact) mass is 252 g/mol. The van der Waals surface area contributed by atoms with Gasteiger partial charge in [0, 0.05) is 6.04 Å². The van der Waals surface area contributed by atoms with Crippen LogP contribution in [0.3, 0.4) is 0 Å². The van der Waals surface area contributed by atoms with Crippen molar-refractivity contribution >= 4 is 11.8 Å². The van der Waals surface area contributed by atoms with Gasteiger partial charge in [-0.2, -0.15) is 0 Å². The van der Waals surface area contributed by atoms with E-state index in [1.165, 1.54) is 24.2 Å². The summed E-state index contributed by atoms with van der Waals surface area (Å²) in [5, 5.41) is 3.24. The number of nitrogens with zero attached hydrogens (tertiary/aromatic N) is 1. The fourth-order valence-electron chi connectivity index (χ4n) is 2.53. The third-order valence-electron chi connectivity index (χ3n) is 4.09. The first kappa shape index (κ1) is 13.5. The van der Waals surface area contributed by atoms with Crippen LogP contribution in [0, 0.1) is 5.92 Å². The number of likely N-dealkylation sites (tertiary alicyclic amines) is 1. The summed E-state index contributed by atoms with van der Waals surface area (Å²) < 4.78 is 0. The van der Waals surface area contributed by atoms with Crippen molar-refractivity contribution in [1.82, 2.24) is 10.2 Å². The maximum absolute atomic E-state index is 12.1. The molecule has 1 saturated carbocycles. The van der Waals surface area contributed by atoms with Gasteiger partial charge in [-0.1, -0.05) is 19.8 Å². The number of rotatable bonds is 7. The number of hydrogen-bond donors (Lipinski definition) is 1. The third-order valence-corrected chi connectivity index (χ3v) is 4.09. The average molecular weight is 252 g/mol. The van der Waals surface area contributed by atoms with Gasteiger partial charge in [0.05, 0.1) is 12.5 Å². The van der Waals surface area contributed by atoms with E-state index in [2.05, 4.69) is 5.32 Å². The minimum Gasteiger partial charge on any atom is -0.305 e. The summed E-state index contributed by atoms with van der Waals surface area (Å²) in [6.45, 7) is 4.79. The molecule has 2 rings (SSSR count). The maximum atomic E-state index is 12.1. The summed E-state index contributed by atoms with van der Waals surface area (Å²) in [6, 6.07) is -0.242. The van der Waals surface area contributed by atoms with Gasteiger partial charge in [0.15, 0.2) is 0 Å². The van der Waals surface area contributed by atoms with E-state index in [9.17, 15) is 9.59 Å². The summed E-state index contributed by atoms with van der Waals surface area (Å²) in [4.78, 5) is 25.4. The molecule has 1 N–H and O–H groups in total. The number of nitrogens with one attached hydrogen (secondary N) is 1. The predicted octanol–water partition coefficient (Wildman–Crippen LogP) is 1.69. The van der Waals surface area contributed by atoms with Crippen LogP contribution in [-0.2, 0) is 9.59 Å². The lowest BCUT2D eigenvalue weighted by molar-refractivity contribution is -0.141. The quantitative estimate of drug-likeness (QED) is 0.554. The minimum atomic E-state index is -0.272. The van der Waals surface area contributed by atoms with Crippen LogP contribution < -0.4 is 5.32 Å². The van der Waals surface area contributed by atoms with Gasteiger partial charge in [-0.3, -0.25) is 14.5 Å². The number of amides is 2. The van der Waals surface area contributed by atoms with Crippen molar-refractivity contribution in [2.45, 2.75) is 64.5 Å². The largest absolute Gasteiger partial charge is 0.305 e. The van der Waals surface area contributed by atoms with Crippen LogP contribution in [0.1, 0.15) is 52.4 Å². The molecule has 1 aliphatic carbocycles. The van der Waals surface area contributed by atoms with E-state index in [0.717, 1.165) is 25.3 Å². The van der Waals surface area contributed by atoms with Gasteiger partial charge >= 0.3 is 0 Å². The van der Waals surface area contributed by atoms with Crippen molar-refractivity contribution in [2.24, 2.45) is 5.92 Å².